The quantitative estimate of drug-likeness (QED) is 0.723. The normalized spacial score (nSPS) is 16.4. The summed E-state index contributed by atoms with van der Waals surface area (Å²) < 4.78 is 5.40. The summed E-state index contributed by atoms with van der Waals surface area (Å²) >= 11 is 0. The van der Waals surface area contributed by atoms with Gasteiger partial charge >= 0.3 is 0 Å². The summed E-state index contributed by atoms with van der Waals surface area (Å²) in [6, 6.07) is 13.8. The van der Waals surface area contributed by atoms with Crippen LogP contribution in [0.5, 0.6) is 5.75 Å². The van der Waals surface area contributed by atoms with Crippen molar-refractivity contribution in [3.63, 3.8) is 0 Å². The number of carbonyl (C=O) groups excluding carboxylic acids is 3. The van der Waals surface area contributed by atoms with Gasteiger partial charge in [-0.1, -0.05) is 29.8 Å². The highest BCUT2D eigenvalue weighted by atomic mass is 16.5. The van der Waals surface area contributed by atoms with Crippen LogP contribution < -0.4 is 9.64 Å². The number of aryl methyl sites for hydroxylation is 1. The summed E-state index contributed by atoms with van der Waals surface area (Å²) in [4.78, 5) is 40.4. The Morgan fingerprint density at radius 2 is 1.75 bits per heavy atom. The van der Waals surface area contributed by atoms with Gasteiger partial charge in [0.05, 0.1) is 18.7 Å². The molecule has 0 N–H and O–H groups in total. The molecular weight excluding hydrogens is 356 g/mol. The Labute approximate surface area is 164 Å². The van der Waals surface area contributed by atoms with Gasteiger partial charge in [0.25, 0.3) is 5.91 Å². The second kappa shape index (κ2) is 8.25. The standard InChI is InChI=1S/C22H24N2O4/c1-4-28-19-11-9-18(10-12-19)24-21(26)13-20(22(24)27)23(16(3)25)14-17-7-5-15(2)6-8-17/h5-12,20H,4,13-14H2,1-3H3. The molecule has 3 rings (SSSR count). The number of carbonyl (C=O) groups is 3. The van der Waals surface area contributed by atoms with E-state index in [1.165, 1.54) is 11.8 Å². The van der Waals surface area contributed by atoms with Crippen LogP contribution in [-0.2, 0) is 20.9 Å². The van der Waals surface area contributed by atoms with E-state index in [4.69, 9.17) is 4.74 Å². The third-order valence-electron chi connectivity index (χ3n) is 4.78. The smallest absolute Gasteiger partial charge is 0.257 e. The number of nitrogens with zero attached hydrogens (tertiary/aromatic N) is 2. The zero-order valence-corrected chi connectivity index (χ0v) is 16.3. The highest BCUT2D eigenvalue weighted by Gasteiger charge is 2.43. The van der Waals surface area contributed by atoms with Crippen molar-refractivity contribution < 1.29 is 19.1 Å². The molecule has 28 heavy (non-hydrogen) atoms. The molecule has 1 atom stereocenters. The molecule has 6 nitrogen and oxygen atoms in total. The highest BCUT2D eigenvalue weighted by Crippen LogP contribution is 2.28. The summed E-state index contributed by atoms with van der Waals surface area (Å²) in [5.41, 5.74) is 2.52. The van der Waals surface area contributed by atoms with Crippen LogP contribution in [0.1, 0.15) is 31.4 Å². The number of benzene rings is 2. The minimum absolute atomic E-state index is 0.0164. The average molecular weight is 380 g/mol. The van der Waals surface area contributed by atoms with Crippen molar-refractivity contribution in [2.24, 2.45) is 0 Å². The maximum atomic E-state index is 13.0. The van der Waals surface area contributed by atoms with Gasteiger partial charge in [0.2, 0.25) is 11.8 Å². The van der Waals surface area contributed by atoms with Crippen molar-refractivity contribution in [1.82, 2.24) is 4.90 Å². The first-order chi connectivity index (χ1) is 13.4. The fraction of sp³-hybridized carbons (Fsp3) is 0.318. The minimum atomic E-state index is -0.794. The average Bonchev–Trinajstić information content (AvgIpc) is 2.96. The Kier molecular flexibility index (Phi) is 5.78. The third-order valence-corrected chi connectivity index (χ3v) is 4.78. The van der Waals surface area contributed by atoms with Gasteiger partial charge in [-0.05, 0) is 43.7 Å². The van der Waals surface area contributed by atoms with Gasteiger partial charge in [0.1, 0.15) is 11.8 Å². The van der Waals surface area contributed by atoms with Gasteiger partial charge in [-0.25, -0.2) is 4.90 Å². The fourth-order valence-electron chi connectivity index (χ4n) is 3.32. The maximum Gasteiger partial charge on any atom is 0.257 e. The number of anilines is 1. The van der Waals surface area contributed by atoms with Crippen molar-refractivity contribution in [3.8, 4) is 5.75 Å². The lowest BCUT2D eigenvalue weighted by Gasteiger charge is -2.26. The SMILES string of the molecule is CCOc1ccc(N2C(=O)CC(N(Cc3ccc(C)cc3)C(C)=O)C2=O)cc1. The molecule has 1 fully saturated rings. The second-order valence-electron chi connectivity index (χ2n) is 6.85. The van der Waals surface area contributed by atoms with Crippen LogP contribution in [0.25, 0.3) is 0 Å². The molecule has 2 aromatic carbocycles. The van der Waals surface area contributed by atoms with Crippen molar-refractivity contribution >= 4 is 23.4 Å². The minimum Gasteiger partial charge on any atom is -0.494 e. The van der Waals surface area contributed by atoms with Gasteiger partial charge in [-0.15, -0.1) is 0 Å². The molecule has 6 heteroatoms. The lowest BCUT2D eigenvalue weighted by molar-refractivity contribution is -0.137. The Morgan fingerprint density at radius 1 is 1.11 bits per heavy atom. The Hall–Kier alpha value is -3.15. The molecule has 1 saturated heterocycles. The van der Waals surface area contributed by atoms with Crippen LogP contribution in [0.15, 0.2) is 48.5 Å². The van der Waals surface area contributed by atoms with Crippen LogP contribution >= 0.6 is 0 Å². The summed E-state index contributed by atoms with van der Waals surface area (Å²) in [6.07, 6.45) is -0.0164. The molecule has 0 saturated carbocycles. The number of rotatable bonds is 6. The Balaban J connectivity index is 1.81. The number of ether oxygens (including phenoxy) is 1. The van der Waals surface area contributed by atoms with Crippen LogP contribution in [-0.4, -0.2) is 35.3 Å². The predicted molar refractivity (Wildman–Crippen MR) is 106 cm³/mol. The van der Waals surface area contributed by atoms with E-state index >= 15 is 0 Å². The van der Waals surface area contributed by atoms with Crippen LogP contribution in [0, 0.1) is 6.92 Å². The van der Waals surface area contributed by atoms with Crippen LogP contribution in [0.2, 0.25) is 0 Å². The topological polar surface area (TPSA) is 66.9 Å². The molecule has 0 radical (unpaired) electrons. The van der Waals surface area contributed by atoms with Crippen LogP contribution in [0.4, 0.5) is 5.69 Å². The van der Waals surface area contributed by atoms with E-state index in [1.807, 2.05) is 38.1 Å². The molecule has 0 aromatic heterocycles. The molecule has 1 heterocycles. The zero-order chi connectivity index (χ0) is 20.3. The van der Waals surface area contributed by atoms with E-state index in [2.05, 4.69) is 0 Å². The molecule has 0 bridgehead atoms. The highest BCUT2D eigenvalue weighted by molar-refractivity contribution is 6.23. The van der Waals surface area contributed by atoms with Crippen molar-refractivity contribution in [2.45, 2.75) is 39.8 Å². The first-order valence-electron chi connectivity index (χ1n) is 9.33. The summed E-state index contributed by atoms with van der Waals surface area (Å²) in [5.74, 6) is -0.252. The maximum absolute atomic E-state index is 13.0. The fourth-order valence-corrected chi connectivity index (χ4v) is 3.32. The monoisotopic (exact) mass is 380 g/mol. The summed E-state index contributed by atoms with van der Waals surface area (Å²) in [7, 11) is 0. The van der Waals surface area contributed by atoms with Crippen molar-refractivity contribution in [3.05, 3.63) is 59.7 Å². The number of hydrogen-bond donors (Lipinski definition) is 0. The molecule has 146 valence electrons. The van der Waals surface area contributed by atoms with E-state index in [0.29, 0.717) is 18.0 Å². The van der Waals surface area contributed by atoms with Gasteiger partial charge in [-0.3, -0.25) is 14.4 Å². The van der Waals surface area contributed by atoms with E-state index in [9.17, 15) is 14.4 Å². The molecule has 2 aromatic rings. The van der Waals surface area contributed by atoms with E-state index in [1.54, 1.807) is 24.3 Å². The van der Waals surface area contributed by atoms with Crippen molar-refractivity contribution in [2.75, 3.05) is 11.5 Å². The zero-order valence-electron chi connectivity index (χ0n) is 16.3. The van der Waals surface area contributed by atoms with Crippen molar-refractivity contribution in [1.29, 1.82) is 0 Å². The molecule has 1 unspecified atom stereocenters. The lowest BCUT2D eigenvalue weighted by Crippen LogP contribution is -2.44. The van der Waals surface area contributed by atoms with Gasteiger partial charge < -0.3 is 9.64 Å². The van der Waals surface area contributed by atoms with Crippen LogP contribution in [0.3, 0.4) is 0 Å². The van der Waals surface area contributed by atoms with Gasteiger partial charge in [-0.2, -0.15) is 0 Å². The predicted octanol–water partition coefficient (Wildman–Crippen LogP) is 3.07. The second-order valence-corrected chi connectivity index (χ2v) is 6.85. The van der Waals surface area contributed by atoms with E-state index < -0.39 is 6.04 Å². The molecular formula is C22H24N2O4. The Bertz CT molecular complexity index is 874. The largest absolute Gasteiger partial charge is 0.494 e. The summed E-state index contributed by atoms with van der Waals surface area (Å²) in [5, 5.41) is 0. The number of hydrogen-bond acceptors (Lipinski definition) is 4. The molecule has 1 aliphatic heterocycles. The Morgan fingerprint density at radius 3 is 2.32 bits per heavy atom. The third kappa shape index (κ3) is 4.06. The van der Waals surface area contributed by atoms with Gasteiger partial charge in [0, 0.05) is 13.5 Å². The van der Waals surface area contributed by atoms with E-state index in [0.717, 1.165) is 16.0 Å². The summed E-state index contributed by atoms with van der Waals surface area (Å²) in [6.45, 7) is 6.12. The lowest BCUT2D eigenvalue weighted by atomic mass is 10.1. The first-order valence-corrected chi connectivity index (χ1v) is 9.33. The number of imide groups is 1. The van der Waals surface area contributed by atoms with E-state index in [-0.39, 0.29) is 30.7 Å². The molecule has 0 aliphatic carbocycles. The molecule has 1 aliphatic rings. The first kappa shape index (κ1) is 19.6. The molecule has 0 spiro atoms. The number of amides is 3. The molecule has 3 amide bonds. The van der Waals surface area contributed by atoms with Gasteiger partial charge in [0.15, 0.2) is 0 Å².